The maximum atomic E-state index is 11.7. The zero-order valence-corrected chi connectivity index (χ0v) is 13.0. The average molecular weight is 362 g/mol. The molecule has 0 heterocycles. The number of nitrogens with one attached hydrogen (secondary N) is 1. The van der Waals surface area contributed by atoms with Crippen LogP contribution in [0.4, 0.5) is 5.69 Å². The van der Waals surface area contributed by atoms with Gasteiger partial charge in [-0.05, 0) is 23.3 Å². The third-order valence-corrected chi connectivity index (χ3v) is 3.29. The van der Waals surface area contributed by atoms with Gasteiger partial charge in [0.25, 0.3) is 5.69 Å². The van der Waals surface area contributed by atoms with Crippen molar-refractivity contribution >= 4 is 33.7 Å². The SMILES string of the molecule is O=C(Cc1cccc([N+](=O)[O-])c1)NN=Cc1ccc(Br)cc1. The van der Waals surface area contributed by atoms with Gasteiger partial charge in [0.15, 0.2) is 0 Å². The smallest absolute Gasteiger partial charge is 0.269 e. The fourth-order valence-electron chi connectivity index (χ4n) is 1.73. The Morgan fingerprint density at radius 1 is 1.27 bits per heavy atom. The zero-order valence-electron chi connectivity index (χ0n) is 11.4. The summed E-state index contributed by atoms with van der Waals surface area (Å²) in [6.07, 6.45) is 1.55. The van der Waals surface area contributed by atoms with Gasteiger partial charge in [-0.25, -0.2) is 5.43 Å². The predicted octanol–water partition coefficient (Wildman–Crippen LogP) is 3.05. The van der Waals surface area contributed by atoms with Gasteiger partial charge in [-0.15, -0.1) is 0 Å². The Bertz CT molecular complexity index is 714. The maximum absolute atomic E-state index is 11.7. The van der Waals surface area contributed by atoms with E-state index in [0.29, 0.717) is 5.56 Å². The van der Waals surface area contributed by atoms with E-state index in [4.69, 9.17) is 0 Å². The lowest BCUT2D eigenvalue weighted by Gasteiger charge is -2.00. The van der Waals surface area contributed by atoms with Crippen LogP contribution in [0.3, 0.4) is 0 Å². The summed E-state index contributed by atoms with van der Waals surface area (Å²) in [5.41, 5.74) is 3.76. The van der Waals surface area contributed by atoms with Crippen molar-refractivity contribution in [1.82, 2.24) is 5.43 Å². The molecule has 7 heteroatoms. The molecule has 2 rings (SSSR count). The number of non-ortho nitro benzene ring substituents is 1. The molecule has 0 aromatic heterocycles. The third kappa shape index (κ3) is 4.78. The van der Waals surface area contributed by atoms with Crippen molar-refractivity contribution in [1.29, 1.82) is 0 Å². The summed E-state index contributed by atoms with van der Waals surface area (Å²) in [4.78, 5) is 21.9. The second-order valence-electron chi connectivity index (χ2n) is 4.45. The van der Waals surface area contributed by atoms with E-state index in [1.54, 1.807) is 12.1 Å². The lowest BCUT2D eigenvalue weighted by atomic mass is 10.1. The highest BCUT2D eigenvalue weighted by Crippen LogP contribution is 2.13. The summed E-state index contributed by atoms with van der Waals surface area (Å²) in [7, 11) is 0. The minimum absolute atomic E-state index is 0.0271. The van der Waals surface area contributed by atoms with E-state index >= 15 is 0 Å². The van der Waals surface area contributed by atoms with Crippen molar-refractivity contribution in [3.8, 4) is 0 Å². The van der Waals surface area contributed by atoms with Crippen LogP contribution in [0.1, 0.15) is 11.1 Å². The normalized spacial score (nSPS) is 10.6. The van der Waals surface area contributed by atoms with Gasteiger partial charge in [0, 0.05) is 16.6 Å². The maximum Gasteiger partial charge on any atom is 0.269 e. The van der Waals surface area contributed by atoms with Gasteiger partial charge < -0.3 is 0 Å². The number of halogens is 1. The van der Waals surface area contributed by atoms with Gasteiger partial charge >= 0.3 is 0 Å². The predicted molar refractivity (Wildman–Crippen MR) is 86.7 cm³/mol. The summed E-state index contributed by atoms with van der Waals surface area (Å²) in [6, 6.07) is 13.4. The molecule has 0 fully saturated rings. The molecular weight excluding hydrogens is 350 g/mol. The Morgan fingerprint density at radius 2 is 2.00 bits per heavy atom. The lowest BCUT2D eigenvalue weighted by molar-refractivity contribution is -0.384. The first-order valence-electron chi connectivity index (χ1n) is 6.35. The summed E-state index contributed by atoms with van der Waals surface area (Å²) in [5, 5.41) is 14.5. The molecular formula is C15H12BrN3O3. The van der Waals surface area contributed by atoms with Crippen LogP contribution in [0.15, 0.2) is 58.1 Å². The van der Waals surface area contributed by atoms with Crippen LogP contribution in [0.2, 0.25) is 0 Å². The summed E-state index contributed by atoms with van der Waals surface area (Å²) < 4.78 is 0.958. The highest BCUT2D eigenvalue weighted by Gasteiger charge is 2.08. The van der Waals surface area contributed by atoms with Crippen molar-refractivity contribution in [2.75, 3.05) is 0 Å². The molecule has 1 N–H and O–H groups in total. The van der Waals surface area contributed by atoms with Crippen LogP contribution in [0, 0.1) is 10.1 Å². The zero-order chi connectivity index (χ0) is 15.9. The third-order valence-electron chi connectivity index (χ3n) is 2.76. The van der Waals surface area contributed by atoms with Gasteiger partial charge in [0.1, 0.15) is 0 Å². The molecule has 0 bridgehead atoms. The Hall–Kier alpha value is -2.54. The van der Waals surface area contributed by atoms with Crippen LogP contribution >= 0.6 is 15.9 Å². The summed E-state index contributed by atoms with van der Waals surface area (Å²) in [6.45, 7) is 0. The monoisotopic (exact) mass is 361 g/mol. The number of rotatable bonds is 5. The van der Waals surface area contributed by atoms with Gasteiger partial charge in [0.05, 0.1) is 17.6 Å². The lowest BCUT2D eigenvalue weighted by Crippen LogP contribution is -2.19. The van der Waals surface area contributed by atoms with Crippen molar-refractivity contribution < 1.29 is 9.72 Å². The second-order valence-corrected chi connectivity index (χ2v) is 5.36. The molecule has 0 aliphatic heterocycles. The molecule has 0 unspecified atom stereocenters. The van der Waals surface area contributed by atoms with E-state index in [0.717, 1.165) is 10.0 Å². The molecule has 112 valence electrons. The standard InChI is InChI=1S/C15H12BrN3O3/c16-13-6-4-11(5-7-13)10-17-18-15(20)9-12-2-1-3-14(8-12)19(21)22/h1-8,10H,9H2,(H,18,20). The molecule has 0 radical (unpaired) electrons. The fraction of sp³-hybridized carbons (Fsp3) is 0.0667. The van der Waals surface area contributed by atoms with Crippen molar-refractivity contribution in [3.05, 3.63) is 74.2 Å². The summed E-state index contributed by atoms with van der Waals surface area (Å²) >= 11 is 3.33. The first-order valence-corrected chi connectivity index (χ1v) is 7.15. The number of hydrogen-bond donors (Lipinski definition) is 1. The molecule has 0 atom stereocenters. The average Bonchev–Trinajstić information content (AvgIpc) is 2.49. The highest BCUT2D eigenvalue weighted by molar-refractivity contribution is 9.10. The molecule has 6 nitrogen and oxygen atoms in total. The van der Waals surface area contributed by atoms with Crippen LogP contribution < -0.4 is 5.43 Å². The number of hydrogen-bond acceptors (Lipinski definition) is 4. The quantitative estimate of drug-likeness (QED) is 0.504. The molecule has 0 aliphatic rings. The number of amides is 1. The Balaban J connectivity index is 1.91. The number of nitro benzene ring substituents is 1. The molecule has 2 aromatic carbocycles. The van der Waals surface area contributed by atoms with Crippen LogP contribution in [-0.4, -0.2) is 17.0 Å². The summed E-state index contributed by atoms with van der Waals surface area (Å²) in [5.74, 6) is -0.339. The van der Waals surface area contributed by atoms with Gasteiger partial charge in [-0.1, -0.05) is 40.2 Å². The van der Waals surface area contributed by atoms with Gasteiger partial charge in [-0.3, -0.25) is 14.9 Å². The number of carbonyl (C=O) groups excluding carboxylic acids is 1. The number of carbonyl (C=O) groups is 1. The molecule has 2 aromatic rings. The number of nitro groups is 1. The minimum Gasteiger partial charge on any atom is -0.273 e. The number of nitrogens with zero attached hydrogens (tertiary/aromatic N) is 2. The highest BCUT2D eigenvalue weighted by atomic mass is 79.9. The fourth-order valence-corrected chi connectivity index (χ4v) is 2.00. The van der Waals surface area contributed by atoms with Gasteiger partial charge in [-0.2, -0.15) is 5.10 Å². The van der Waals surface area contributed by atoms with E-state index in [1.165, 1.54) is 18.3 Å². The van der Waals surface area contributed by atoms with E-state index in [2.05, 4.69) is 26.5 Å². The largest absolute Gasteiger partial charge is 0.273 e. The number of hydrazone groups is 1. The Kier molecular flexibility index (Phi) is 5.37. The van der Waals surface area contributed by atoms with Crippen LogP contribution in [0.5, 0.6) is 0 Å². The molecule has 0 saturated heterocycles. The van der Waals surface area contributed by atoms with Crippen LogP contribution in [0.25, 0.3) is 0 Å². The van der Waals surface area contributed by atoms with E-state index < -0.39 is 4.92 Å². The molecule has 0 aliphatic carbocycles. The van der Waals surface area contributed by atoms with Gasteiger partial charge in [0.2, 0.25) is 5.91 Å². The van der Waals surface area contributed by atoms with Crippen LogP contribution in [-0.2, 0) is 11.2 Å². The van der Waals surface area contributed by atoms with E-state index in [1.807, 2.05) is 24.3 Å². The molecule has 0 saturated carbocycles. The Morgan fingerprint density at radius 3 is 2.68 bits per heavy atom. The first-order chi connectivity index (χ1) is 10.5. The minimum atomic E-state index is -0.493. The molecule has 0 spiro atoms. The van der Waals surface area contributed by atoms with Crippen molar-refractivity contribution in [2.45, 2.75) is 6.42 Å². The molecule has 22 heavy (non-hydrogen) atoms. The second kappa shape index (κ2) is 7.46. The van der Waals surface area contributed by atoms with E-state index in [-0.39, 0.29) is 18.0 Å². The van der Waals surface area contributed by atoms with E-state index in [9.17, 15) is 14.9 Å². The topological polar surface area (TPSA) is 84.6 Å². The van der Waals surface area contributed by atoms with Crippen molar-refractivity contribution in [3.63, 3.8) is 0 Å². The first kappa shape index (κ1) is 15.8. The van der Waals surface area contributed by atoms with Crippen molar-refractivity contribution in [2.24, 2.45) is 5.10 Å². The number of benzene rings is 2. The Labute approximate surface area is 135 Å². The molecule has 1 amide bonds.